The fourth-order valence-corrected chi connectivity index (χ4v) is 2.52. The molecule has 1 aromatic rings. The van der Waals surface area contributed by atoms with Crippen LogP contribution in [-0.4, -0.2) is 41.5 Å². The lowest BCUT2D eigenvalue weighted by molar-refractivity contribution is -0.141. The summed E-state index contributed by atoms with van der Waals surface area (Å²) >= 11 is 0. The molecule has 1 fully saturated rings. The normalized spacial score (nSPS) is 18.1. The third-order valence-electron chi connectivity index (χ3n) is 3.64. The molecule has 0 bridgehead atoms. The first kappa shape index (κ1) is 17.5. The largest absolute Gasteiger partial charge is 0.481 e. The molecule has 0 saturated carbocycles. The number of carboxylic acid groups (broad SMARTS) is 1. The Morgan fingerprint density at radius 2 is 2.10 bits per heavy atom. The molecule has 1 saturated heterocycles. The van der Waals surface area contributed by atoms with Crippen molar-refractivity contribution in [2.75, 3.05) is 25.0 Å². The molecule has 0 aromatic heterocycles. The van der Waals surface area contributed by atoms with E-state index >= 15 is 0 Å². The summed E-state index contributed by atoms with van der Waals surface area (Å²) in [4.78, 5) is 24.7. The molecule has 1 atom stereocenters. The Kier molecular flexibility index (Phi) is 6.18. The SMILES string of the molecule is Cc1ccc(NC(=O)CN2CCC(C(=O)O)C2)c(C)c1.Cl. The smallest absolute Gasteiger partial charge is 0.307 e. The van der Waals surface area contributed by atoms with Crippen molar-refractivity contribution >= 4 is 30.0 Å². The van der Waals surface area contributed by atoms with E-state index < -0.39 is 5.97 Å². The van der Waals surface area contributed by atoms with E-state index in [-0.39, 0.29) is 30.8 Å². The van der Waals surface area contributed by atoms with Gasteiger partial charge in [0.25, 0.3) is 0 Å². The molecule has 1 aromatic carbocycles. The second-order valence-electron chi connectivity index (χ2n) is 5.43. The van der Waals surface area contributed by atoms with Crippen LogP contribution in [0.15, 0.2) is 18.2 Å². The molecule has 1 aliphatic rings. The summed E-state index contributed by atoms with van der Waals surface area (Å²) in [6.45, 7) is 5.33. The fraction of sp³-hybridized carbons (Fsp3) is 0.467. The first-order valence-electron chi connectivity index (χ1n) is 6.78. The van der Waals surface area contributed by atoms with Crippen LogP contribution < -0.4 is 5.32 Å². The first-order valence-corrected chi connectivity index (χ1v) is 6.78. The Labute approximate surface area is 130 Å². The molecule has 6 heteroatoms. The maximum absolute atomic E-state index is 12.0. The zero-order chi connectivity index (χ0) is 14.7. The van der Waals surface area contributed by atoms with Crippen LogP contribution in [0.5, 0.6) is 0 Å². The molecule has 2 rings (SSSR count). The van der Waals surface area contributed by atoms with Gasteiger partial charge < -0.3 is 10.4 Å². The summed E-state index contributed by atoms with van der Waals surface area (Å²) in [7, 11) is 0. The number of carbonyl (C=O) groups excluding carboxylic acids is 1. The molecule has 116 valence electrons. The lowest BCUT2D eigenvalue weighted by Gasteiger charge is -2.15. The van der Waals surface area contributed by atoms with Crippen LogP contribution in [0.1, 0.15) is 17.5 Å². The standard InChI is InChI=1S/C15H20N2O3.ClH/c1-10-3-4-13(11(2)7-10)16-14(18)9-17-6-5-12(8-17)15(19)20;/h3-4,7,12H,5-6,8-9H2,1-2H3,(H,16,18)(H,19,20);1H. The molecule has 1 unspecified atom stereocenters. The monoisotopic (exact) mass is 312 g/mol. The molecule has 2 N–H and O–H groups in total. The van der Waals surface area contributed by atoms with Gasteiger partial charge in [-0.3, -0.25) is 14.5 Å². The first-order chi connectivity index (χ1) is 9.45. The number of carboxylic acids is 1. The van der Waals surface area contributed by atoms with Gasteiger partial charge in [-0.15, -0.1) is 12.4 Å². The lowest BCUT2D eigenvalue weighted by atomic mass is 10.1. The minimum Gasteiger partial charge on any atom is -0.481 e. The number of halogens is 1. The second-order valence-corrected chi connectivity index (χ2v) is 5.43. The zero-order valence-electron chi connectivity index (χ0n) is 12.3. The topological polar surface area (TPSA) is 69.6 Å². The number of anilines is 1. The Morgan fingerprint density at radius 3 is 2.67 bits per heavy atom. The molecule has 0 aliphatic carbocycles. The number of hydrogen-bond donors (Lipinski definition) is 2. The van der Waals surface area contributed by atoms with E-state index in [0.29, 0.717) is 19.5 Å². The van der Waals surface area contributed by atoms with Crippen LogP contribution in [0.4, 0.5) is 5.69 Å². The maximum Gasteiger partial charge on any atom is 0.307 e. The van der Waals surface area contributed by atoms with E-state index in [4.69, 9.17) is 5.11 Å². The highest BCUT2D eigenvalue weighted by Gasteiger charge is 2.28. The highest BCUT2D eigenvalue weighted by Crippen LogP contribution is 2.18. The third kappa shape index (κ3) is 4.72. The Balaban J connectivity index is 0.00000220. The number of aliphatic carboxylic acids is 1. The Hall–Kier alpha value is -1.59. The molecular formula is C15H21ClN2O3. The number of nitrogens with zero attached hydrogens (tertiary/aromatic N) is 1. The van der Waals surface area contributed by atoms with Crippen molar-refractivity contribution in [3.8, 4) is 0 Å². The average Bonchev–Trinajstić information content (AvgIpc) is 2.81. The van der Waals surface area contributed by atoms with Crippen molar-refractivity contribution in [3.63, 3.8) is 0 Å². The quantitative estimate of drug-likeness (QED) is 0.893. The van der Waals surface area contributed by atoms with E-state index in [1.165, 1.54) is 0 Å². The fourth-order valence-electron chi connectivity index (χ4n) is 2.52. The molecule has 1 amide bonds. The summed E-state index contributed by atoms with van der Waals surface area (Å²) in [5.74, 6) is -1.21. The average molecular weight is 313 g/mol. The number of nitrogens with one attached hydrogen (secondary N) is 1. The minimum atomic E-state index is -0.776. The number of carbonyl (C=O) groups is 2. The molecule has 0 radical (unpaired) electrons. The van der Waals surface area contributed by atoms with E-state index in [0.717, 1.165) is 16.8 Å². The van der Waals surface area contributed by atoms with Gasteiger partial charge in [-0.25, -0.2) is 0 Å². The van der Waals surface area contributed by atoms with Crippen molar-refractivity contribution in [2.24, 2.45) is 5.92 Å². The molecule has 1 heterocycles. The highest BCUT2D eigenvalue weighted by atomic mass is 35.5. The van der Waals surface area contributed by atoms with Gasteiger partial charge in [0.1, 0.15) is 0 Å². The summed E-state index contributed by atoms with van der Waals surface area (Å²) in [6.07, 6.45) is 0.617. The van der Waals surface area contributed by atoms with Crippen molar-refractivity contribution in [3.05, 3.63) is 29.3 Å². The van der Waals surface area contributed by atoms with Crippen LogP contribution in [-0.2, 0) is 9.59 Å². The second kappa shape index (κ2) is 7.43. The van der Waals surface area contributed by atoms with Crippen molar-refractivity contribution in [2.45, 2.75) is 20.3 Å². The molecule has 0 spiro atoms. The van der Waals surface area contributed by atoms with Gasteiger partial charge >= 0.3 is 5.97 Å². The van der Waals surface area contributed by atoms with Gasteiger partial charge in [0.05, 0.1) is 12.5 Å². The van der Waals surface area contributed by atoms with Crippen molar-refractivity contribution in [1.82, 2.24) is 4.90 Å². The predicted octanol–water partition coefficient (Wildman–Crippen LogP) is 2.07. The van der Waals surface area contributed by atoms with Crippen LogP contribution in [0.25, 0.3) is 0 Å². The van der Waals surface area contributed by atoms with Gasteiger partial charge in [0.15, 0.2) is 0 Å². The summed E-state index contributed by atoms with van der Waals surface area (Å²) in [6, 6.07) is 5.87. The number of rotatable bonds is 4. The van der Waals surface area contributed by atoms with Crippen LogP contribution in [0.2, 0.25) is 0 Å². The van der Waals surface area contributed by atoms with Crippen molar-refractivity contribution < 1.29 is 14.7 Å². The van der Waals surface area contributed by atoms with Crippen LogP contribution in [0, 0.1) is 19.8 Å². The van der Waals surface area contributed by atoms with Crippen LogP contribution in [0.3, 0.4) is 0 Å². The number of aryl methyl sites for hydroxylation is 2. The predicted molar refractivity (Wildman–Crippen MR) is 84.0 cm³/mol. The number of likely N-dealkylation sites (tertiary alicyclic amines) is 1. The number of hydrogen-bond acceptors (Lipinski definition) is 3. The molecular weight excluding hydrogens is 292 g/mol. The van der Waals surface area contributed by atoms with Crippen LogP contribution >= 0.6 is 12.4 Å². The lowest BCUT2D eigenvalue weighted by Crippen LogP contribution is -2.32. The van der Waals surface area contributed by atoms with E-state index in [1.54, 1.807) is 0 Å². The molecule has 5 nitrogen and oxygen atoms in total. The Morgan fingerprint density at radius 1 is 1.38 bits per heavy atom. The maximum atomic E-state index is 12.0. The van der Waals surface area contributed by atoms with Gasteiger partial charge in [0.2, 0.25) is 5.91 Å². The molecule has 1 aliphatic heterocycles. The van der Waals surface area contributed by atoms with E-state index in [9.17, 15) is 9.59 Å². The number of amides is 1. The highest BCUT2D eigenvalue weighted by molar-refractivity contribution is 5.93. The van der Waals surface area contributed by atoms with E-state index in [1.807, 2.05) is 36.9 Å². The summed E-state index contributed by atoms with van der Waals surface area (Å²) in [5, 5.41) is 11.8. The summed E-state index contributed by atoms with van der Waals surface area (Å²) in [5.41, 5.74) is 3.00. The third-order valence-corrected chi connectivity index (χ3v) is 3.64. The van der Waals surface area contributed by atoms with Gasteiger partial charge in [-0.05, 0) is 38.4 Å². The van der Waals surface area contributed by atoms with Gasteiger partial charge in [0, 0.05) is 12.2 Å². The zero-order valence-corrected chi connectivity index (χ0v) is 13.1. The minimum absolute atomic E-state index is 0. The summed E-state index contributed by atoms with van der Waals surface area (Å²) < 4.78 is 0. The van der Waals surface area contributed by atoms with Gasteiger partial charge in [-0.2, -0.15) is 0 Å². The van der Waals surface area contributed by atoms with Crippen molar-refractivity contribution in [1.29, 1.82) is 0 Å². The van der Waals surface area contributed by atoms with E-state index in [2.05, 4.69) is 5.32 Å². The number of benzene rings is 1. The molecule has 21 heavy (non-hydrogen) atoms. The Bertz CT molecular complexity index is 534. The van der Waals surface area contributed by atoms with Gasteiger partial charge in [-0.1, -0.05) is 17.7 Å².